The zero-order valence-electron chi connectivity index (χ0n) is 6.24. The van der Waals surface area contributed by atoms with Gasteiger partial charge < -0.3 is 15.3 Å². The standard InChI is InChI=1S/C7H5NO5/c8-5-2(9)1-3(10)6(11)4(5)7(12)13/h1,8-9,11H,(H,12,13). The highest BCUT2D eigenvalue weighted by molar-refractivity contribution is 6.31. The van der Waals surface area contributed by atoms with Gasteiger partial charge in [-0.05, 0) is 0 Å². The van der Waals surface area contributed by atoms with Crippen molar-refractivity contribution < 1.29 is 24.9 Å². The van der Waals surface area contributed by atoms with E-state index in [0.717, 1.165) is 0 Å². The molecule has 0 unspecified atom stereocenters. The molecule has 0 aliphatic heterocycles. The van der Waals surface area contributed by atoms with Crippen molar-refractivity contribution in [3.05, 3.63) is 23.2 Å². The number of hydrogen-bond acceptors (Lipinski definition) is 5. The number of ketones is 1. The summed E-state index contributed by atoms with van der Waals surface area (Å²) >= 11 is 0. The number of aliphatic hydroxyl groups is 2. The minimum absolute atomic E-state index is 0.587. The first kappa shape index (κ1) is 8.98. The maximum absolute atomic E-state index is 10.8. The lowest BCUT2D eigenvalue weighted by Gasteiger charge is -2.10. The second-order valence-electron chi connectivity index (χ2n) is 2.30. The topological polar surface area (TPSA) is 119 Å². The number of rotatable bonds is 1. The van der Waals surface area contributed by atoms with Gasteiger partial charge in [0.15, 0.2) is 5.76 Å². The molecule has 0 saturated carbocycles. The Hall–Kier alpha value is -2.11. The van der Waals surface area contributed by atoms with Gasteiger partial charge in [0.2, 0.25) is 5.78 Å². The Morgan fingerprint density at radius 1 is 1.38 bits per heavy atom. The lowest BCUT2D eigenvalue weighted by molar-refractivity contribution is -0.132. The van der Waals surface area contributed by atoms with Crippen LogP contribution in [0.5, 0.6) is 0 Å². The zero-order valence-corrected chi connectivity index (χ0v) is 6.24. The number of nitrogens with one attached hydrogen (secondary N) is 1. The van der Waals surface area contributed by atoms with E-state index < -0.39 is 34.6 Å². The molecule has 1 aliphatic rings. The largest absolute Gasteiger partial charge is 0.506 e. The third-order valence-corrected chi connectivity index (χ3v) is 1.46. The molecule has 0 amide bonds. The Morgan fingerprint density at radius 2 is 1.92 bits per heavy atom. The summed E-state index contributed by atoms with van der Waals surface area (Å²) in [7, 11) is 0. The van der Waals surface area contributed by atoms with Gasteiger partial charge in [-0.2, -0.15) is 0 Å². The second-order valence-corrected chi connectivity index (χ2v) is 2.30. The molecular weight excluding hydrogens is 178 g/mol. The van der Waals surface area contributed by atoms with Crippen LogP contribution in [0.15, 0.2) is 23.2 Å². The van der Waals surface area contributed by atoms with Crippen LogP contribution in [0.25, 0.3) is 0 Å². The van der Waals surface area contributed by atoms with Crippen molar-refractivity contribution in [2.45, 2.75) is 0 Å². The van der Waals surface area contributed by atoms with Gasteiger partial charge in [0.05, 0.1) is 0 Å². The third-order valence-electron chi connectivity index (χ3n) is 1.46. The molecule has 13 heavy (non-hydrogen) atoms. The number of aliphatic hydroxyl groups excluding tert-OH is 2. The van der Waals surface area contributed by atoms with E-state index in [1.54, 1.807) is 0 Å². The number of carboxylic acid groups (broad SMARTS) is 1. The maximum atomic E-state index is 10.8. The van der Waals surface area contributed by atoms with Crippen LogP contribution in [0.1, 0.15) is 0 Å². The van der Waals surface area contributed by atoms with Crippen molar-refractivity contribution >= 4 is 17.5 Å². The Kier molecular flexibility index (Phi) is 1.89. The molecule has 4 N–H and O–H groups in total. The predicted octanol–water partition coefficient (Wildman–Crippen LogP) is -0.0725. The second kappa shape index (κ2) is 2.74. The lowest BCUT2D eigenvalue weighted by atomic mass is 10.00. The molecule has 0 radical (unpaired) electrons. The molecule has 68 valence electrons. The average Bonchev–Trinajstić information content (AvgIpc) is 2.01. The number of allylic oxidation sites excluding steroid dienone is 2. The molecule has 0 atom stereocenters. The van der Waals surface area contributed by atoms with E-state index >= 15 is 0 Å². The van der Waals surface area contributed by atoms with Crippen molar-refractivity contribution in [3.63, 3.8) is 0 Å². The van der Waals surface area contributed by atoms with E-state index in [1.807, 2.05) is 0 Å². The van der Waals surface area contributed by atoms with Crippen LogP contribution in [0.3, 0.4) is 0 Å². The highest BCUT2D eigenvalue weighted by Crippen LogP contribution is 2.16. The van der Waals surface area contributed by atoms with E-state index in [2.05, 4.69) is 0 Å². The first-order valence-corrected chi connectivity index (χ1v) is 3.16. The Balaban J connectivity index is 3.31. The van der Waals surface area contributed by atoms with Crippen LogP contribution < -0.4 is 0 Å². The summed E-state index contributed by atoms with van der Waals surface area (Å²) < 4.78 is 0. The average molecular weight is 183 g/mol. The molecule has 1 aliphatic carbocycles. The molecule has 0 aromatic carbocycles. The Labute approximate surface area is 71.9 Å². The summed E-state index contributed by atoms with van der Waals surface area (Å²) in [5.74, 6) is -4.45. The molecular formula is C7H5NO5. The van der Waals surface area contributed by atoms with Gasteiger partial charge in [-0.25, -0.2) is 4.79 Å². The maximum Gasteiger partial charge on any atom is 0.341 e. The molecule has 6 heteroatoms. The molecule has 0 aromatic heterocycles. The molecule has 0 fully saturated rings. The summed E-state index contributed by atoms with van der Waals surface area (Å²) in [4.78, 5) is 21.2. The summed E-state index contributed by atoms with van der Waals surface area (Å²) in [6.07, 6.45) is 0.587. The van der Waals surface area contributed by atoms with E-state index in [0.29, 0.717) is 6.08 Å². The fourth-order valence-corrected chi connectivity index (χ4v) is 0.843. The number of hydrogen-bond donors (Lipinski definition) is 4. The van der Waals surface area contributed by atoms with Crippen LogP contribution in [-0.2, 0) is 9.59 Å². The van der Waals surface area contributed by atoms with E-state index in [1.165, 1.54) is 0 Å². The van der Waals surface area contributed by atoms with Crippen LogP contribution in [-0.4, -0.2) is 32.8 Å². The van der Waals surface area contributed by atoms with Crippen LogP contribution in [0.4, 0.5) is 0 Å². The number of aliphatic carboxylic acids is 1. The first-order valence-electron chi connectivity index (χ1n) is 3.16. The van der Waals surface area contributed by atoms with Crippen molar-refractivity contribution in [1.82, 2.24) is 0 Å². The Morgan fingerprint density at radius 3 is 2.38 bits per heavy atom. The first-order chi connectivity index (χ1) is 5.95. The van der Waals surface area contributed by atoms with Crippen molar-refractivity contribution in [2.24, 2.45) is 0 Å². The Bertz CT molecular complexity index is 376. The van der Waals surface area contributed by atoms with E-state index in [4.69, 9.17) is 20.7 Å². The van der Waals surface area contributed by atoms with Crippen LogP contribution >= 0.6 is 0 Å². The molecule has 0 aromatic rings. The normalized spacial score (nSPS) is 17.4. The molecule has 0 heterocycles. The lowest BCUT2D eigenvalue weighted by Crippen LogP contribution is -2.23. The molecule has 1 rings (SSSR count). The fraction of sp³-hybridized carbons (Fsp3) is 0. The molecule has 6 nitrogen and oxygen atoms in total. The number of carbonyl (C=O) groups excluding carboxylic acids is 1. The zero-order chi connectivity index (χ0) is 10.2. The quantitative estimate of drug-likeness (QED) is 0.424. The molecule has 0 saturated heterocycles. The minimum Gasteiger partial charge on any atom is -0.506 e. The van der Waals surface area contributed by atoms with Gasteiger partial charge in [-0.3, -0.25) is 10.2 Å². The smallest absolute Gasteiger partial charge is 0.341 e. The van der Waals surface area contributed by atoms with Gasteiger partial charge in [0.25, 0.3) is 0 Å². The monoisotopic (exact) mass is 183 g/mol. The summed E-state index contributed by atoms with van der Waals surface area (Å²) in [5.41, 5.74) is -1.66. The number of carboxylic acids is 1. The molecule has 0 spiro atoms. The molecule has 0 bridgehead atoms. The van der Waals surface area contributed by atoms with Crippen LogP contribution in [0, 0.1) is 5.41 Å². The van der Waals surface area contributed by atoms with Gasteiger partial charge >= 0.3 is 5.97 Å². The van der Waals surface area contributed by atoms with Gasteiger partial charge in [-0.15, -0.1) is 0 Å². The predicted molar refractivity (Wildman–Crippen MR) is 40.7 cm³/mol. The summed E-state index contributed by atoms with van der Waals surface area (Å²) in [6, 6.07) is 0. The van der Waals surface area contributed by atoms with Gasteiger partial charge in [0, 0.05) is 6.08 Å². The highest BCUT2D eigenvalue weighted by Gasteiger charge is 2.29. The van der Waals surface area contributed by atoms with E-state index in [9.17, 15) is 9.59 Å². The number of carbonyl (C=O) groups is 2. The summed E-state index contributed by atoms with van der Waals surface area (Å²) in [6.45, 7) is 0. The van der Waals surface area contributed by atoms with Gasteiger partial charge in [-0.1, -0.05) is 0 Å². The van der Waals surface area contributed by atoms with Crippen molar-refractivity contribution in [2.75, 3.05) is 0 Å². The minimum atomic E-state index is -1.63. The van der Waals surface area contributed by atoms with Crippen molar-refractivity contribution in [3.8, 4) is 0 Å². The summed E-state index contributed by atoms with van der Waals surface area (Å²) in [5, 5.41) is 33.3. The van der Waals surface area contributed by atoms with Crippen molar-refractivity contribution in [1.29, 1.82) is 5.41 Å². The fourth-order valence-electron chi connectivity index (χ4n) is 0.843. The SMILES string of the molecule is N=C1C(O)=CC(=O)C(O)=C1C(=O)O. The van der Waals surface area contributed by atoms with E-state index in [-0.39, 0.29) is 0 Å². The third kappa shape index (κ3) is 1.28. The highest BCUT2D eigenvalue weighted by atomic mass is 16.4. The van der Waals surface area contributed by atoms with Crippen LogP contribution in [0.2, 0.25) is 0 Å². The van der Waals surface area contributed by atoms with Gasteiger partial charge in [0.1, 0.15) is 17.0 Å².